The number of amides is 1. The van der Waals surface area contributed by atoms with Gasteiger partial charge in [-0.1, -0.05) is 43.3 Å². The number of benzene rings is 2. The van der Waals surface area contributed by atoms with Gasteiger partial charge in [0.1, 0.15) is 0 Å². The molecule has 3 nitrogen and oxygen atoms in total. The Bertz CT molecular complexity index is 611. The van der Waals surface area contributed by atoms with Crippen molar-refractivity contribution in [3.8, 4) is 0 Å². The van der Waals surface area contributed by atoms with Gasteiger partial charge in [0.15, 0.2) is 0 Å². The van der Waals surface area contributed by atoms with Gasteiger partial charge in [0.2, 0.25) is 5.91 Å². The quantitative estimate of drug-likeness (QED) is 0.778. The van der Waals surface area contributed by atoms with Crippen LogP contribution in [0.2, 0.25) is 0 Å². The van der Waals surface area contributed by atoms with Gasteiger partial charge >= 0.3 is 0 Å². The zero-order valence-electron chi connectivity index (χ0n) is 11.5. The third-order valence-corrected chi connectivity index (χ3v) is 4.67. The number of carbonyl (C=O) groups is 1. The molecule has 0 aliphatic rings. The fourth-order valence-electron chi connectivity index (χ4n) is 1.98. The first-order valence-corrected chi connectivity index (χ1v) is 8.14. The lowest BCUT2D eigenvalue weighted by Crippen LogP contribution is -2.30. The van der Waals surface area contributed by atoms with E-state index in [0.717, 1.165) is 20.2 Å². The molecule has 0 radical (unpaired) electrons. The number of nitrogens with two attached hydrogens (primary N) is 1. The zero-order chi connectivity index (χ0) is 15.4. The molecule has 0 saturated carbocycles. The summed E-state index contributed by atoms with van der Waals surface area (Å²) in [5.74, 6) is -0.453. The van der Waals surface area contributed by atoms with Gasteiger partial charge in [-0.05, 0) is 49.6 Å². The highest BCUT2D eigenvalue weighted by atomic mass is 79.9. The summed E-state index contributed by atoms with van der Waals surface area (Å²) in [6.07, 6.45) is 0. The molecule has 0 aromatic heterocycles. The average Bonchev–Trinajstić information content (AvgIpc) is 2.50. The molecule has 0 aliphatic carbocycles. The van der Waals surface area contributed by atoms with Crippen LogP contribution in [0.4, 0.5) is 5.69 Å². The highest BCUT2D eigenvalue weighted by Gasteiger charge is 2.23. The molecule has 0 heterocycles. The Morgan fingerprint density at radius 1 is 1.05 bits per heavy atom. The van der Waals surface area contributed by atoms with E-state index in [4.69, 9.17) is 5.73 Å². The van der Waals surface area contributed by atoms with Crippen LogP contribution in [-0.4, -0.2) is 5.91 Å². The molecule has 2 aromatic carbocycles. The Morgan fingerprint density at radius 2 is 1.62 bits per heavy atom. The van der Waals surface area contributed by atoms with Gasteiger partial charge in [0.25, 0.3) is 0 Å². The predicted octanol–water partition coefficient (Wildman–Crippen LogP) is 4.49. The number of hydrogen-bond donors (Lipinski definition) is 2. The first kappa shape index (κ1) is 16.2. The summed E-state index contributed by atoms with van der Waals surface area (Å²) in [7, 11) is 0. The molecule has 1 amide bonds. The van der Waals surface area contributed by atoms with Crippen LogP contribution in [0.15, 0.2) is 57.5 Å². The van der Waals surface area contributed by atoms with Crippen LogP contribution in [0.25, 0.3) is 0 Å². The topological polar surface area (TPSA) is 55.1 Å². The summed E-state index contributed by atoms with van der Waals surface area (Å²) in [6, 6.07) is 14.9. The van der Waals surface area contributed by atoms with E-state index in [1.165, 1.54) is 0 Å². The van der Waals surface area contributed by atoms with Gasteiger partial charge in [-0.25, -0.2) is 0 Å². The van der Waals surface area contributed by atoms with Crippen LogP contribution in [0.5, 0.6) is 0 Å². The third kappa shape index (κ3) is 3.93. The molecule has 0 fully saturated rings. The third-order valence-electron chi connectivity index (χ3n) is 3.35. The van der Waals surface area contributed by atoms with E-state index in [0.29, 0.717) is 0 Å². The molecule has 0 bridgehead atoms. The van der Waals surface area contributed by atoms with Crippen molar-refractivity contribution in [3.05, 3.63) is 63.0 Å². The van der Waals surface area contributed by atoms with Crippen molar-refractivity contribution < 1.29 is 4.79 Å². The Hall–Kier alpha value is -1.17. The number of anilines is 1. The molecule has 2 aromatic rings. The van der Waals surface area contributed by atoms with Crippen molar-refractivity contribution in [1.82, 2.24) is 0 Å². The number of halogens is 2. The summed E-state index contributed by atoms with van der Waals surface area (Å²) in [5, 5.41) is 2.92. The fourth-order valence-corrected chi connectivity index (χ4v) is 3.18. The van der Waals surface area contributed by atoms with E-state index in [-0.39, 0.29) is 17.9 Å². The number of carbonyl (C=O) groups excluding carboxylic acids is 1. The summed E-state index contributed by atoms with van der Waals surface area (Å²) in [4.78, 5) is 12.4. The standard InChI is InChI=1S/C16H16Br2N2O/c1-10(14(19)11-6-3-2-4-7-11)16(21)20-15-12(17)8-5-9-13(15)18/h2-10,14H,19H2,1H3,(H,20,21). The monoisotopic (exact) mass is 410 g/mol. The minimum absolute atomic E-state index is 0.112. The molecule has 2 rings (SSSR count). The Kier molecular flexibility index (Phi) is 5.56. The average molecular weight is 412 g/mol. The van der Waals surface area contributed by atoms with E-state index >= 15 is 0 Å². The summed E-state index contributed by atoms with van der Waals surface area (Å²) < 4.78 is 1.65. The van der Waals surface area contributed by atoms with Gasteiger partial charge in [0, 0.05) is 15.0 Å². The molecule has 0 spiro atoms. The van der Waals surface area contributed by atoms with Crippen LogP contribution in [0.3, 0.4) is 0 Å². The van der Waals surface area contributed by atoms with Gasteiger partial charge in [-0.15, -0.1) is 0 Å². The van der Waals surface area contributed by atoms with E-state index in [9.17, 15) is 4.79 Å². The summed E-state index contributed by atoms with van der Waals surface area (Å²) in [6.45, 7) is 1.83. The van der Waals surface area contributed by atoms with Gasteiger partial charge < -0.3 is 11.1 Å². The molecule has 110 valence electrons. The van der Waals surface area contributed by atoms with Crippen molar-refractivity contribution in [1.29, 1.82) is 0 Å². The van der Waals surface area contributed by atoms with Gasteiger partial charge in [-0.3, -0.25) is 4.79 Å². The highest BCUT2D eigenvalue weighted by Crippen LogP contribution is 2.31. The summed E-state index contributed by atoms with van der Waals surface area (Å²) >= 11 is 6.86. The Balaban J connectivity index is 2.13. The number of para-hydroxylation sites is 1. The fraction of sp³-hybridized carbons (Fsp3) is 0.188. The van der Waals surface area contributed by atoms with Crippen LogP contribution in [-0.2, 0) is 4.79 Å². The van der Waals surface area contributed by atoms with Crippen LogP contribution < -0.4 is 11.1 Å². The second kappa shape index (κ2) is 7.20. The molecule has 2 unspecified atom stereocenters. The van der Waals surface area contributed by atoms with Crippen LogP contribution >= 0.6 is 31.9 Å². The second-order valence-corrected chi connectivity index (χ2v) is 6.52. The van der Waals surface area contributed by atoms with E-state index in [1.54, 1.807) is 0 Å². The Morgan fingerprint density at radius 3 is 2.19 bits per heavy atom. The largest absolute Gasteiger partial charge is 0.324 e. The maximum atomic E-state index is 12.4. The highest BCUT2D eigenvalue weighted by molar-refractivity contribution is 9.11. The Labute approximate surface area is 141 Å². The maximum absolute atomic E-state index is 12.4. The molecule has 0 saturated heterocycles. The lowest BCUT2D eigenvalue weighted by molar-refractivity contribution is -0.120. The van der Waals surface area contributed by atoms with Crippen molar-refractivity contribution >= 4 is 43.5 Å². The smallest absolute Gasteiger partial charge is 0.229 e. The first-order chi connectivity index (χ1) is 10.0. The molecular weight excluding hydrogens is 396 g/mol. The molecule has 21 heavy (non-hydrogen) atoms. The molecule has 0 aliphatic heterocycles. The van der Waals surface area contributed by atoms with Gasteiger partial charge in [-0.2, -0.15) is 0 Å². The number of hydrogen-bond acceptors (Lipinski definition) is 2. The summed E-state index contributed by atoms with van der Waals surface area (Å²) in [5.41, 5.74) is 7.85. The van der Waals surface area contributed by atoms with Crippen molar-refractivity contribution in [2.75, 3.05) is 5.32 Å². The van der Waals surface area contributed by atoms with E-state index < -0.39 is 0 Å². The first-order valence-electron chi connectivity index (χ1n) is 6.56. The van der Waals surface area contributed by atoms with Crippen molar-refractivity contribution in [3.63, 3.8) is 0 Å². The number of nitrogens with one attached hydrogen (secondary N) is 1. The van der Waals surface area contributed by atoms with Crippen molar-refractivity contribution in [2.24, 2.45) is 11.7 Å². The minimum Gasteiger partial charge on any atom is -0.324 e. The van der Waals surface area contributed by atoms with E-state index in [2.05, 4.69) is 37.2 Å². The van der Waals surface area contributed by atoms with E-state index in [1.807, 2.05) is 55.5 Å². The SMILES string of the molecule is CC(C(=O)Nc1c(Br)cccc1Br)C(N)c1ccccc1. The number of rotatable bonds is 4. The molecule has 3 N–H and O–H groups in total. The lowest BCUT2D eigenvalue weighted by atomic mass is 9.94. The molecule has 5 heteroatoms. The normalized spacial score (nSPS) is 13.5. The van der Waals surface area contributed by atoms with Gasteiger partial charge in [0.05, 0.1) is 11.6 Å². The van der Waals surface area contributed by atoms with Crippen molar-refractivity contribution in [2.45, 2.75) is 13.0 Å². The molecule has 2 atom stereocenters. The molecular formula is C16H16Br2N2O. The zero-order valence-corrected chi connectivity index (χ0v) is 14.7. The lowest BCUT2D eigenvalue weighted by Gasteiger charge is -2.20. The van der Waals surface area contributed by atoms with Crippen LogP contribution in [0.1, 0.15) is 18.5 Å². The predicted molar refractivity (Wildman–Crippen MR) is 93.0 cm³/mol. The van der Waals surface area contributed by atoms with Crippen LogP contribution in [0, 0.1) is 5.92 Å². The maximum Gasteiger partial charge on any atom is 0.229 e. The minimum atomic E-state index is -0.341. The second-order valence-electron chi connectivity index (χ2n) is 4.81.